The summed E-state index contributed by atoms with van der Waals surface area (Å²) in [5.74, 6) is 1.55. The Kier molecular flexibility index (Phi) is 5.29. The zero-order chi connectivity index (χ0) is 8.15. The van der Waals surface area contributed by atoms with E-state index < -0.39 is 0 Å². The van der Waals surface area contributed by atoms with E-state index in [9.17, 15) is 0 Å². The Hall–Kier alpha value is 0.390. The smallest absolute Gasteiger partial charge is 0.00394 e. The van der Waals surface area contributed by atoms with Crippen molar-refractivity contribution in [3.63, 3.8) is 0 Å². The van der Waals surface area contributed by atoms with Crippen LogP contribution in [0.5, 0.6) is 0 Å². The van der Waals surface area contributed by atoms with Gasteiger partial charge >= 0.3 is 0 Å². The minimum Gasteiger partial charge on any atom is -0.287 e. The lowest BCUT2D eigenvalue weighted by molar-refractivity contribution is 0.363. The van der Waals surface area contributed by atoms with Crippen molar-refractivity contribution in [1.29, 1.82) is 0 Å². The molecule has 0 heterocycles. The molecule has 0 fully saturated rings. The van der Waals surface area contributed by atoms with Gasteiger partial charge in [-0.2, -0.15) is 0 Å². The van der Waals surface area contributed by atoms with Crippen LogP contribution in [-0.4, -0.2) is 17.8 Å². The molecule has 0 radical (unpaired) electrons. The van der Waals surface area contributed by atoms with Crippen LogP contribution in [0.4, 0.5) is 0 Å². The van der Waals surface area contributed by atoms with E-state index in [-0.39, 0.29) is 0 Å². The third-order valence-corrected chi connectivity index (χ3v) is 1.62. The van der Waals surface area contributed by atoms with Gasteiger partial charge in [-0.15, -0.1) is 0 Å². The van der Waals surface area contributed by atoms with Crippen LogP contribution in [0.3, 0.4) is 0 Å². The third kappa shape index (κ3) is 6.51. The fourth-order valence-corrected chi connectivity index (χ4v) is 1.86. The fraction of sp³-hybridized carbons (Fsp3) is 1.00. The Morgan fingerprint density at radius 3 is 1.50 bits per heavy atom. The quantitative estimate of drug-likeness (QED) is 0.572. The van der Waals surface area contributed by atoms with Gasteiger partial charge < -0.3 is 0 Å². The van der Waals surface area contributed by atoms with Gasteiger partial charge in [0.2, 0.25) is 0 Å². The van der Waals surface area contributed by atoms with Gasteiger partial charge in [-0.1, -0.05) is 37.1 Å². The molecule has 0 saturated heterocycles. The van der Waals surface area contributed by atoms with Crippen LogP contribution in [0.1, 0.15) is 27.7 Å². The molecule has 10 heavy (non-hydrogen) atoms. The molecule has 0 amide bonds. The fourth-order valence-electron chi connectivity index (χ4n) is 1.01. The molecule has 0 aliphatic rings. The largest absolute Gasteiger partial charge is 0.287 e. The molecule has 0 aliphatic heterocycles. The van der Waals surface area contributed by atoms with E-state index in [1.54, 1.807) is 0 Å². The Labute approximate surface area is 67.4 Å². The van der Waals surface area contributed by atoms with Crippen molar-refractivity contribution in [2.75, 3.05) is 13.1 Å². The van der Waals surface area contributed by atoms with Gasteiger partial charge in [0.15, 0.2) is 0 Å². The maximum absolute atomic E-state index is 2.78. The Bertz CT molecular complexity index is 71.3. The van der Waals surface area contributed by atoms with Crippen LogP contribution < -0.4 is 0 Å². The summed E-state index contributed by atoms with van der Waals surface area (Å²) in [5.41, 5.74) is 0. The minimum atomic E-state index is 0.774. The molecule has 0 aliphatic carbocycles. The lowest BCUT2D eigenvalue weighted by Gasteiger charge is -2.20. The van der Waals surface area contributed by atoms with Crippen molar-refractivity contribution < 1.29 is 0 Å². The van der Waals surface area contributed by atoms with E-state index in [1.807, 2.05) is 0 Å². The number of hydrogen-bond donors (Lipinski definition) is 0. The molecule has 0 spiro atoms. The average Bonchev–Trinajstić information content (AvgIpc) is 1.58. The van der Waals surface area contributed by atoms with Crippen LogP contribution in [0.2, 0.25) is 0 Å². The van der Waals surface area contributed by atoms with Gasteiger partial charge in [0.05, 0.1) is 0 Å². The van der Waals surface area contributed by atoms with E-state index in [2.05, 4.69) is 41.8 Å². The Morgan fingerprint density at radius 2 is 1.30 bits per heavy atom. The van der Waals surface area contributed by atoms with Crippen LogP contribution in [0, 0.1) is 11.8 Å². The van der Waals surface area contributed by atoms with E-state index in [0.29, 0.717) is 0 Å². The maximum Gasteiger partial charge on any atom is 0.00394 e. The topological polar surface area (TPSA) is 3.24 Å². The molecular weight excluding hydrogens is 141 g/mol. The monoisotopic (exact) mass is 161 g/mol. The summed E-state index contributed by atoms with van der Waals surface area (Å²) in [7, 11) is 2.78. The summed E-state index contributed by atoms with van der Waals surface area (Å²) >= 11 is 0. The second kappa shape index (κ2) is 5.09. The lowest BCUT2D eigenvalue weighted by Crippen LogP contribution is -2.21. The first-order valence-corrected chi connectivity index (χ1v) is 4.53. The molecular formula is C8H20NP. The molecule has 62 valence electrons. The van der Waals surface area contributed by atoms with Crippen LogP contribution in [0.25, 0.3) is 0 Å². The third-order valence-electron chi connectivity index (χ3n) is 1.20. The average molecular weight is 161 g/mol. The molecule has 1 atom stereocenters. The molecule has 0 saturated carbocycles. The molecule has 0 aromatic heterocycles. The second-order valence-electron chi connectivity index (χ2n) is 3.74. The zero-order valence-corrected chi connectivity index (χ0v) is 8.75. The molecule has 0 aromatic rings. The zero-order valence-electron chi connectivity index (χ0n) is 7.59. The second-order valence-corrected chi connectivity index (χ2v) is 4.47. The molecule has 1 unspecified atom stereocenters. The highest BCUT2D eigenvalue weighted by atomic mass is 31.0. The first-order chi connectivity index (χ1) is 4.52. The van der Waals surface area contributed by atoms with Gasteiger partial charge in [0, 0.05) is 13.1 Å². The van der Waals surface area contributed by atoms with Gasteiger partial charge in [0.1, 0.15) is 0 Å². The van der Waals surface area contributed by atoms with Gasteiger partial charge in [-0.25, -0.2) is 0 Å². The van der Waals surface area contributed by atoms with Crippen LogP contribution in [0.15, 0.2) is 0 Å². The van der Waals surface area contributed by atoms with Gasteiger partial charge in [-0.3, -0.25) is 4.67 Å². The number of rotatable bonds is 4. The van der Waals surface area contributed by atoms with Crippen molar-refractivity contribution in [2.45, 2.75) is 27.7 Å². The summed E-state index contributed by atoms with van der Waals surface area (Å²) in [6.07, 6.45) is 0. The first-order valence-electron chi connectivity index (χ1n) is 4.02. The van der Waals surface area contributed by atoms with E-state index >= 15 is 0 Å². The normalized spacial score (nSPS) is 12.0. The van der Waals surface area contributed by atoms with Crippen molar-refractivity contribution in [1.82, 2.24) is 4.67 Å². The highest BCUT2D eigenvalue weighted by Crippen LogP contribution is 2.07. The molecule has 0 N–H and O–H groups in total. The SMILES string of the molecule is CC(C)CN(P)CC(C)C. The van der Waals surface area contributed by atoms with Crippen LogP contribution in [-0.2, 0) is 0 Å². The Balaban J connectivity index is 3.34. The number of hydrogen-bond acceptors (Lipinski definition) is 1. The molecule has 0 aromatic carbocycles. The predicted octanol–water partition coefficient (Wildman–Crippen LogP) is 2.39. The minimum absolute atomic E-state index is 0.774. The first kappa shape index (κ1) is 10.4. The van der Waals surface area contributed by atoms with Crippen LogP contribution >= 0.6 is 9.39 Å². The summed E-state index contributed by atoms with van der Waals surface area (Å²) < 4.78 is 2.31. The predicted molar refractivity (Wildman–Crippen MR) is 51.0 cm³/mol. The summed E-state index contributed by atoms with van der Waals surface area (Å²) in [5, 5.41) is 0. The molecule has 0 bridgehead atoms. The molecule has 1 nitrogen and oxygen atoms in total. The van der Waals surface area contributed by atoms with E-state index in [0.717, 1.165) is 11.8 Å². The molecule has 0 rings (SSSR count). The summed E-state index contributed by atoms with van der Waals surface area (Å²) in [6, 6.07) is 0. The van der Waals surface area contributed by atoms with Gasteiger partial charge in [0.25, 0.3) is 0 Å². The summed E-state index contributed by atoms with van der Waals surface area (Å²) in [4.78, 5) is 0. The maximum atomic E-state index is 2.78. The number of nitrogens with zero attached hydrogens (tertiary/aromatic N) is 1. The van der Waals surface area contributed by atoms with E-state index in [1.165, 1.54) is 13.1 Å². The van der Waals surface area contributed by atoms with Crippen molar-refractivity contribution >= 4 is 9.39 Å². The van der Waals surface area contributed by atoms with E-state index in [4.69, 9.17) is 0 Å². The highest BCUT2D eigenvalue weighted by Gasteiger charge is 2.02. The van der Waals surface area contributed by atoms with Crippen molar-refractivity contribution in [3.05, 3.63) is 0 Å². The summed E-state index contributed by atoms with van der Waals surface area (Å²) in [6.45, 7) is 11.4. The highest BCUT2D eigenvalue weighted by molar-refractivity contribution is 7.13. The van der Waals surface area contributed by atoms with Gasteiger partial charge in [-0.05, 0) is 11.8 Å². The Morgan fingerprint density at radius 1 is 1.00 bits per heavy atom. The standard InChI is InChI=1S/C8H20NP/c1-7(2)5-9(10)6-8(3)4/h7-8H,5-6,10H2,1-4H3. The lowest BCUT2D eigenvalue weighted by atomic mass is 10.2. The van der Waals surface area contributed by atoms with Crippen molar-refractivity contribution in [3.8, 4) is 0 Å². The van der Waals surface area contributed by atoms with Crippen molar-refractivity contribution in [2.24, 2.45) is 11.8 Å². The molecule has 2 heteroatoms.